The summed E-state index contributed by atoms with van der Waals surface area (Å²) in [6.45, 7) is 36.7. The van der Waals surface area contributed by atoms with Gasteiger partial charge in [0.15, 0.2) is 0 Å². The molecule has 0 aliphatic heterocycles. The third kappa shape index (κ3) is 10.2. The first-order chi connectivity index (χ1) is 26.4. The first kappa shape index (κ1) is 52.1. The molecular weight excluding hydrogens is 777 g/mol. The number of rotatable bonds is 10. The normalized spacial score (nSPS) is 18.5. The van der Waals surface area contributed by atoms with Crippen LogP contribution in [0.15, 0.2) is 106 Å². The number of aryl methyl sites for hydroxylation is 6. The first-order valence-electron chi connectivity index (χ1n) is 21.2. The molecule has 310 valence electrons. The van der Waals surface area contributed by atoms with Crippen molar-refractivity contribution in [2.75, 3.05) is 0 Å². The number of hydrogen-bond acceptors (Lipinski definition) is 0. The van der Waals surface area contributed by atoms with Crippen LogP contribution < -0.4 is 20.7 Å². The van der Waals surface area contributed by atoms with E-state index in [1.54, 1.807) is 0 Å². The van der Waals surface area contributed by atoms with Crippen LogP contribution in [-0.2, 0) is 47.4 Å². The van der Waals surface area contributed by atoms with Gasteiger partial charge in [0.25, 0.3) is 0 Å². The summed E-state index contributed by atoms with van der Waals surface area (Å²) in [5.74, 6) is 0. The zero-order valence-corrected chi connectivity index (χ0v) is 43.8. The molecule has 0 saturated carbocycles. The topological polar surface area (TPSA) is 0 Å². The Morgan fingerprint density at radius 1 is 0.458 bits per heavy atom. The van der Waals surface area contributed by atoms with Gasteiger partial charge in [0.05, 0.1) is 0 Å². The van der Waals surface area contributed by atoms with Gasteiger partial charge in [-0.05, 0) is 97.9 Å². The Labute approximate surface area is 381 Å². The molecule has 2 aliphatic rings. The fourth-order valence-electron chi connectivity index (χ4n) is 9.04. The van der Waals surface area contributed by atoms with Gasteiger partial charge in [-0.25, -0.2) is 11.1 Å². The van der Waals surface area contributed by atoms with E-state index in [1.165, 1.54) is 98.7 Å². The molecule has 0 saturated heterocycles. The Bertz CT molecular complexity index is 2040. The van der Waals surface area contributed by atoms with E-state index in [9.17, 15) is 0 Å². The van der Waals surface area contributed by atoms with Crippen LogP contribution in [0.5, 0.6) is 0 Å². The molecule has 0 fully saturated rings. The van der Waals surface area contributed by atoms with E-state index in [0.29, 0.717) is 0 Å². The zero-order chi connectivity index (χ0) is 41.3. The maximum absolute atomic E-state index is 3.94. The minimum atomic E-state index is -1.10. The van der Waals surface area contributed by atoms with Crippen molar-refractivity contribution in [1.82, 2.24) is 0 Å². The van der Waals surface area contributed by atoms with Gasteiger partial charge in [-0.1, -0.05) is 173 Å². The van der Waals surface area contributed by atoms with E-state index in [-0.39, 0.29) is 46.6 Å². The average molecular weight is 851 g/mol. The summed E-state index contributed by atoms with van der Waals surface area (Å²) in [5.41, 5.74) is 20.0. The van der Waals surface area contributed by atoms with Gasteiger partial charge in [0, 0.05) is 0 Å². The average Bonchev–Trinajstić information content (AvgIpc) is 3.51. The molecule has 2 unspecified atom stereocenters. The van der Waals surface area contributed by atoms with Crippen molar-refractivity contribution in [2.24, 2.45) is 0 Å². The summed E-state index contributed by atoms with van der Waals surface area (Å²) in [6, 6.07) is 28.5. The molecule has 2 aliphatic carbocycles. The Balaban J connectivity index is 0.000000387. The van der Waals surface area contributed by atoms with Crippen LogP contribution in [0.4, 0.5) is 0 Å². The molecule has 0 aromatic heterocycles. The second kappa shape index (κ2) is 21.2. The van der Waals surface area contributed by atoms with Crippen LogP contribution in [0.3, 0.4) is 0 Å². The largest absolute Gasteiger partial charge is 4.00 e. The molecule has 2 radical (unpaired) electrons. The summed E-state index contributed by atoms with van der Waals surface area (Å²) in [4.78, 5) is 0. The van der Waals surface area contributed by atoms with Gasteiger partial charge >= 0.3 is 21.7 Å². The van der Waals surface area contributed by atoms with Gasteiger partial charge in [-0.15, -0.1) is 13.8 Å². The van der Waals surface area contributed by atoms with E-state index in [2.05, 4.69) is 196 Å². The van der Waals surface area contributed by atoms with E-state index in [1.807, 2.05) is 0 Å². The quantitative estimate of drug-likeness (QED) is 0.110. The number of allylic oxidation sites excluding steroid dienone is 8. The van der Waals surface area contributed by atoms with E-state index in [4.69, 9.17) is 0 Å². The molecule has 0 N–H and O–H groups in total. The number of benzene rings is 4. The molecule has 59 heavy (non-hydrogen) atoms. The van der Waals surface area contributed by atoms with E-state index in [0.717, 1.165) is 25.7 Å². The SMILES string of the molecule is CCc1cc(CC)cc([Si](c2cccc(C)c2C)C2(C)[C-]=C(C)C(C)=C2C)c1.CCc1cc(CC)cc([Si](c2cccc(C)c2C)C2(C)[C-]=C(C)C(C)=C2C)c1.[CH3-].[CH3-].[Ti+4]. The summed E-state index contributed by atoms with van der Waals surface area (Å²) in [5, 5.41) is 6.11. The smallest absolute Gasteiger partial charge is 0.358 e. The van der Waals surface area contributed by atoms with Crippen molar-refractivity contribution in [3.63, 3.8) is 0 Å². The molecule has 6 rings (SSSR count). The van der Waals surface area contributed by atoms with E-state index < -0.39 is 17.6 Å². The molecule has 4 aromatic rings. The third-order valence-electron chi connectivity index (χ3n) is 13.7. The van der Waals surface area contributed by atoms with Gasteiger partial charge in [0.1, 0.15) is 17.6 Å². The van der Waals surface area contributed by atoms with Gasteiger partial charge < -0.3 is 14.9 Å². The predicted molar refractivity (Wildman–Crippen MR) is 263 cm³/mol. The summed E-state index contributed by atoms with van der Waals surface area (Å²) in [6.07, 6.45) is 12.2. The van der Waals surface area contributed by atoms with Crippen molar-refractivity contribution >= 4 is 38.3 Å². The van der Waals surface area contributed by atoms with Crippen LogP contribution in [-0.4, -0.2) is 17.6 Å². The molecule has 0 nitrogen and oxygen atoms in total. The fraction of sp³-hybridized carbons (Fsp3) is 0.393. The van der Waals surface area contributed by atoms with Crippen LogP contribution in [0.1, 0.15) is 128 Å². The fourth-order valence-corrected chi connectivity index (χ4v) is 16.6. The molecular formula is C56H74Si2Ti. The van der Waals surface area contributed by atoms with Gasteiger partial charge in [-0.2, -0.15) is 22.3 Å². The number of hydrogen-bond donors (Lipinski definition) is 0. The van der Waals surface area contributed by atoms with Crippen LogP contribution in [0.25, 0.3) is 0 Å². The molecule has 2 atom stereocenters. The monoisotopic (exact) mass is 850 g/mol. The molecule has 4 aromatic carbocycles. The molecule has 0 heterocycles. The summed E-state index contributed by atoms with van der Waals surface area (Å²) in [7, 11) is -2.19. The Kier molecular flexibility index (Phi) is 18.7. The molecule has 0 spiro atoms. The minimum absolute atomic E-state index is 0. The van der Waals surface area contributed by atoms with Crippen LogP contribution >= 0.6 is 0 Å². The van der Waals surface area contributed by atoms with Crippen LogP contribution in [0.2, 0.25) is 10.1 Å². The second-order valence-corrected chi connectivity index (χ2v) is 22.7. The predicted octanol–water partition coefficient (Wildman–Crippen LogP) is 12.7. The Hall–Kier alpha value is -3.01. The van der Waals surface area contributed by atoms with Crippen molar-refractivity contribution in [3.05, 3.63) is 178 Å². The van der Waals surface area contributed by atoms with Crippen molar-refractivity contribution < 1.29 is 21.7 Å². The van der Waals surface area contributed by atoms with Crippen molar-refractivity contribution in [1.29, 1.82) is 0 Å². The van der Waals surface area contributed by atoms with Crippen molar-refractivity contribution in [3.8, 4) is 0 Å². The first-order valence-corrected chi connectivity index (χ1v) is 24.2. The van der Waals surface area contributed by atoms with Crippen LogP contribution in [0, 0.1) is 54.7 Å². The maximum atomic E-state index is 3.94. The van der Waals surface area contributed by atoms with Gasteiger partial charge in [0.2, 0.25) is 0 Å². The standard InChI is InChI=1S/2C27H34Si.2CH3.Ti/c2*1-9-23-14-24(10-2)16-25(15-23)28(26-13-11-12-18(3)21(26)6)27(8)17-19(4)20(5)22(27)7;;;/h2*11-16H,9-10H2,1-8H3;2*1H3;/q4*-1;+4. The maximum Gasteiger partial charge on any atom is 4.00 e. The summed E-state index contributed by atoms with van der Waals surface area (Å²) < 4.78 is 0. The Morgan fingerprint density at radius 2 is 0.746 bits per heavy atom. The molecule has 0 bridgehead atoms. The van der Waals surface area contributed by atoms with E-state index >= 15 is 0 Å². The minimum Gasteiger partial charge on any atom is -0.358 e. The Morgan fingerprint density at radius 3 is 0.983 bits per heavy atom. The zero-order valence-electron chi connectivity index (χ0n) is 40.3. The van der Waals surface area contributed by atoms with Crippen molar-refractivity contribution in [2.45, 2.75) is 147 Å². The second-order valence-electron chi connectivity index (χ2n) is 17.0. The third-order valence-corrected chi connectivity index (χ3v) is 20.6. The summed E-state index contributed by atoms with van der Waals surface area (Å²) >= 11 is 0. The van der Waals surface area contributed by atoms with Gasteiger partial charge in [-0.3, -0.25) is 12.2 Å². The molecule has 3 heteroatoms. The molecule has 0 amide bonds.